The first-order valence-electron chi connectivity index (χ1n) is 12.8. The minimum absolute atomic E-state index is 0.0708. The summed E-state index contributed by atoms with van der Waals surface area (Å²) in [6, 6.07) is 0. The molecule has 4 heteroatoms. The number of aliphatic hydroxyl groups is 1. The quantitative estimate of drug-likeness (QED) is 0.567. The smallest absolute Gasteiger partial charge is 0.305 e. The molecule has 4 nitrogen and oxygen atoms in total. The molecule has 4 aliphatic carbocycles. The molecule has 3 fully saturated rings. The topological polar surface area (TPSA) is 63.6 Å². The van der Waals surface area contributed by atoms with Crippen LogP contribution in [-0.4, -0.2) is 29.6 Å². The van der Waals surface area contributed by atoms with Crippen LogP contribution in [0, 0.1) is 40.4 Å². The van der Waals surface area contributed by atoms with Gasteiger partial charge in [-0.05, 0) is 98.9 Å². The number of carbonyl (C=O) groups excluding carboxylic acids is 2. The second-order valence-electron chi connectivity index (χ2n) is 11.3. The molecule has 174 valence electrons. The second-order valence-corrected chi connectivity index (χ2v) is 11.3. The number of esters is 1. The summed E-state index contributed by atoms with van der Waals surface area (Å²) in [7, 11) is 0. The van der Waals surface area contributed by atoms with Gasteiger partial charge in [-0.3, -0.25) is 9.59 Å². The van der Waals surface area contributed by atoms with Crippen LogP contribution in [0.1, 0.15) is 91.9 Å². The Morgan fingerprint density at radius 1 is 1.16 bits per heavy atom. The molecule has 0 bridgehead atoms. The van der Waals surface area contributed by atoms with E-state index in [4.69, 9.17) is 4.74 Å². The van der Waals surface area contributed by atoms with Crippen LogP contribution in [0.4, 0.5) is 0 Å². The Morgan fingerprint density at radius 3 is 2.65 bits per heavy atom. The van der Waals surface area contributed by atoms with Crippen molar-refractivity contribution in [1.29, 1.82) is 0 Å². The molecule has 4 rings (SSSR count). The Kier molecular flexibility index (Phi) is 6.42. The summed E-state index contributed by atoms with van der Waals surface area (Å²) in [4.78, 5) is 24.1. The molecule has 0 amide bonds. The zero-order valence-corrected chi connectivity index (χ0v) is 20.0. The van der Waals surface area contributed by atoms with Crippen molar-refractivity contribution >= 4 is 11.8 Å². The van der Waals surface area contributed by atoms with Crippen LogP contribution in [-0.2, 0) is 14.3 Å². The Morgan fingerprint density at radius 2 is 1.94 bits per heavy atom. The van der Waals surface area contributed by atoms with Gasteiger partial charge in [-0.25, -0.2) is 0 Å². The van der Waals surface area contributed by atoms with E-state index < -0.39 is 0 Å². The molecule has 0 aromatic carbocycles. The second kappa shape index (κ2) is 8.65. The van der Waals surface area contributed by atoms with E-state index in [9.17, 15) is 14.7 Å². The standard InChI is InChI=1S/C27H42O4/c1-5-19-22-16-18(28)12-14-27(22,4)21-13-15-26(3)17(8-7-9-23(29)31-6-2)10-11-20(26)24(21)25(19)30/h16-17,19-21,24-25,30H,5-15H2,1-4H3/t17-,19-,20?,21?,24?,25+,26+,27+/m0/s1. The molecule has 0 radical (unpaired) electrons. The third-order valence-electron chi connectivity index (χ3n) is 10.1. The molecule has 0 aromatic rings. The Bertz CT molecular complexity index is 742. The Hall–Kier alpha value is -1.16. The van der Waals surface area contributed by atoms with Crippen LogP contribution in [0.5, 0.6) is 0 Å². The van der Waals surface area contributed by atoms with Crippen molar-refractivity contribution in [2.75, 3.05) is 6.61 Å². The van der Waals surface area contributed by atoms with E-state index in [1.807, 2.05) is 13.0 Å². The molecule has 0 heterocycles. The zero-order chi connectivity index (χ0) is 22.4. The molecule has 3 saturated carbocycles. The van der Waals surface area contributed by atoms with Crippen molar-refractivity contribution in [2.45, 2.75) is 98.0 Å². The van der Waals surface area contributed by atoms with Crippen LogP contribution in [0.2, 0.25) is 0 Å². The molecule has 31 heavy (non-hydrogen) atoms. The average molecular weight is 431 g/mol. The van der Waals surface area contributed by atoms with Gasteiger partial charge in [-0.2, -0.15) is 0 Å². The van der Waals surface area contributed by atoms with E-state index in [1.54, 1.807) is 0 Å². The number of ketones is 1. The van der Waals surface area contributed by atoms with Gasteiger partial charge in [-0.1, -0.05) is 26.3 Å². The van der Waals surface area contributed by atoms with Crippen molar-refractivity contribution in [1.82, 2.24) is 0 Å². The third-order valence-corrected chi connectivity index (χ3v) is 10.1. The number of rotatable bonds is 6. The molecular weight excluding hydrogens is 388 g/mol. The van der Waals surface area contributed by atoms with Gasteiger partial charge in [0.2, 0.25) is 0 Å². The summed E-state index contributed by atoms with van der Waals surface area (Å²) < 4.78 is 5.11. The molecule has 0 saturated heterocycles. The first-order chi connectivity index (χ1) is 14.8. The lowest BCUT2D eigenvalue weighted by molar-refractivity contribution is -0.143. The maximum atomic E-state index is 12.3. The molecule has 3 unspecified atom stereocenters. The molecular formula is C27H42O4. The molecule has 4 aliphatic rings. The lowest BCUT2D eigenvalue weighted by Crippen LogP contribution is -2.58. The SMILES string of the molecule is CCOC(=O)CCC[C@H]1CCC2C3C(CC[C@@]21C)[C@@]1(C)CCC(=O)C=C1[C@H](CC)[C@H]3O. The largest absolute Gasteiger partial charge is 0.466 e. The van der Waals surface area contributed by atoms with Crippen LogP contribution >= 0.6 is 0 Å². The summed E-state index contributed by atoms with van der Waals surface area (Å²) in [6.45, 7) is 9.36. The van der Waals surface area contributed by atoms with Crippen molar-refractivity contribution in [3.63, 3.8) is 0 Å². The predicted molar refractivity (Wildman–Crippen MR) is 121 cm³/mol. The first kappa shape index (κ1) is 23.0. The van der Waals surface area contributed by atoms with Gasteiger partial charge >= 0.3 is 5.97 Å². The predicted octanol–water partition coefficient (Wildman–Crippen LogP) is 5.47. The molecule has 1 N–H and O–H groups in total. The molecule has 0 aliphatic heterocycles. The van der Waals surface area contributed by atoms with Crippen molar-refractivity contribution in [3.8, 4) is 0 Å². The number of fused-ring (bicyclic) bond motifs is 5. The van der Waals surface area contributed by atoms with Gasteiger partial charge in [0.1, 0.15) is 0 Å². The maximum absolute atomic E-state index is 12.3. The fourth-order valence-corrected chi connectivity index (χ4v) is 8.50. The summed E-state index contributed by atoms with van der Waals surface area (Å²) in [5.41, 5.74) is 1.59. The number of aliphatic hydroxyl groups excluding tert-OH is 1. The summed E-state index contributed by atoms with van der Waals surface area (Å²) in [5, 5.41) is 11.6. The lowest BCUT2D eigenvalue weighted by Gasteiger charge is -2.61. The molecule has 0 aromatic heterocycles. The Balaban J connectivity index is 1.55. The van der Waals surface area contributed by atoms with Crippen molar-refractivity contribution in [2.24, 2.45) is 40.4 Å². The van der Waals surface area contributed by atoms with E-state index in [0.29, 0.717) is 43.1 Å². The highest BCUT2D eigenvalue weighted by molar-refractivity contribution is 5.91. The third kappa shape index (κ3) is 3.71. The zero-order valence-electron chi connectivity index (χ0n) is 20.0. The van der Waals surface area contributed by atoms with Gasteiger partial charge in [0.25, 0.3) is 0 Å². The number of ether oxygens (including phenoxy) is 1. The van der Waals surface area contributed by atoms with Crippen LogP contribution < -0.4 is 0 Å². The van der Waals surface area contributed by atoms with Gasteiger partial charge < -0.3 is 9.84 Å². The highest BCUT2D eigenvalue weighted by atomic mass is 16.5. The fraction of sp³-hybridized carbons (Fsp3) is 0.852. The van der Waals surface area contributed by atoms with Crippen molar-refractivity contribution in [3.05, 3.63) is 11.6 Å². The number of carbonyl (C=O) groups is 2. The van der Waals surface area contributed by atoms with E-state index in [1.165, 1.54) is 24.8 Å². The van der Waals surface area contributed by atoms with E-state index in [0.717, 1.165) is 32.1 Å². The first-order valence-corrected chi connectivity index (χ1v) is 12.8. The van der Waals surface area contributed by atoms with Crippen LogP contribution in [0.25, 0.3) is 0 Å². The van der Waals surface area contributed by atoms with Gasteiger partial charge in [0.15, 0.2) is 5.78 Å². The molecule has 0 spiro atoms. The van der Waals surface area contributed by atoms with Gasteiger partial charge in [0, 0.05) is 18.8 Å². The monoisotopic (exact) mass is 430 g/mol. The maximum Gasteiger partial charge on any atom is 0.305 e. The highest BCUT2D eigenvalue weighted by Crippen LogP contribution is 2.68. The normalized spacial score (nSPS) is 44.2. The van der Waals surface area contributed by atoms with Crippen LogP contribution in [0.15, 0.2) is 11.6 Å². The fourth-order valence-electron chi connectivity index (χ4n) is 8.50. The molecule has 8 atom stereocenters. The Labute approximate surface area is 188 Å². The lowest BCUT2D eigenvalue weighted by atomic mass is 9.44. The highest BCUT2D eigenvalue weighted by Gasteiger charge is 2.62. The van der Waals surface area contributed by atoms with Crippen molar-refractivity contribution < 1.29 is 19.4 Å². The number of hydrogen-bond donors (Lipinski definition) is 1. The summed E-state index contributed by atoms with van der Waals surface area (Å²) in [6.07, 6.45) is 11.4. The minimum Gasteiger partial charge on any atom is -0.466 e. The van der Waals surface area contributed by atoms with E-state index in [-0.39, 0.29) is 34.6 Å². The summed E-state index contributed by atoms with van der Waals surface area (Å²) >= 11 is 0. The van der Waals surface area contributed by atoms with Crippen LogP contribution in [0.3, 0.4) is 0 Å². The average Bonchev–Trinajstić information content (AvgIpc) is 3.06. The van der Waals surface area contributed by atoms with Gasteiger partial charge in [-0.15, -0.1) is 0 Å². The van der Waals surface area contributed by atoms with E-state index in [2.05, 4.69) is 20.8 Å². The minimum atomic E-state index is -0.330. The van der Waals surface area contributed by atoms with E-state index >= 15 is 0 Å². The number of hydrogen-bond acceptors (Lipinski definition) is 4. The van der Waals surface area contributed by atoms with Gasteiger partial charge in [0.05, 0.1) is 12.7 Å². The summed E-state index contributed by atoms with van der Waals surface area (Å²) in [5.74, 6) is 2.32.